The summed E-state index contributed by atoms with van der Waals surface area (Å²) in [6.45, 7) is 3.10. The summed E-state index contributed by atoms with van der Waals surface area (Å²) in [5.74, 6) is -1.27. The minimum Gasteiger partial charge on any atom is -0.356 e. The van der Waals surface area contributed by atoms with Gasteiger partial charge in [0.1, 0.15) is 5.82 Å². The molecule has 0 fully saturated rings. The van der Waals surface area contributed by atoms with Gasteiger partial charge in [-0.3, -0.25) is 9.59 Å². The summed E-state index contributed by atoms with van der Waals surface area (Å²) in [5.41, 5.74) is 0.306. The van der Waals surface area contributed by atoms with E-state index in [1.165, 1.54) is 18.2 Å². The summed E-state index contributed by atoms with van der Waals surface area (Å²) in [6.07, 6.45) is 0.962. The van der Waals surface area contributed by atoms with Gasteiger partial charge in [0, 0.05) is 24.4 Å². The molecule has 20 heavy (non-hydrogen) atoms. The van der Waals surface area contributed by atoms with Crippen molar-refractivity contribution in [2.75, 3.05) is 20.1 Å². The molecule has 110 valence electrons. The summed E-state index contributed by atoms with van der Waals surface area (Å²) in [7, 11) is 1.85. The monoisotopic (exact) mass is 280 g/mol. The topological polar surface area (TPSA) is 58.2 Å². The van der Waals surface area contributed by atoms with Crippen molar-refractivity contribution in [1.29, 1.82) is 0 Å². The average molecular weight is 280 g/mol. The second-order valence-electron chi connectivity index (χ2n) is 4.79. The van der Waals surface area contributed by atoms with Gasteiger partial charge in [-0.15, -0.1) is 0 Å². The predicted molar refractivity (Wildman–Crippen MR) is 76.1 cm³/mol. The Kier molecular flexibility index (Phi) is 6.87. The molecule has 0 aliphatic heterocycles. The first-order valence-electron chi connectivity index (χ1n) is 6.75. The molecule has 1 aromatic carbocycles. The number of halogens is 1. The van der Waals surface area contributed by atoms with E-state index in [2.05, 4.69) is 10.6 Å². The first-order chi connectivity index (χ1) is 9.54. The number of carbonyl (C=O) groups is 2. The third kappa shape index (κ3) is 5.48. The fourth-order valence-corrected chi connectivity index (χ4v) is 1.86. The van der Waals surface area contributed by atoms with Gasteiger partial charge in [-0.1, -0.05) is 19.1 Å². The molecular weight excluding hydrogens is 259 g/mol. The van der Waals surface area contributed by atoms with E-state index in [4.69, 9.17) is 0 Å². The maximum Gasteiger partial charge on any atom is 0.220 e. The van der Waals surface area contributed by atoms with Gasteiger partial charge in [-0.2, -0.15) is 0 Å². The van der Waals surface area contributed by atoms with Crippen molar-refractivity contribution in [1.82, 2.24) is 10.6 Å². The minimum atomic E-state index is -0.457. The van der Waals surface area contributed by atoms with E-state index in [1.54, 1.807) is 13.0 Å². The Balaban J connectivity index is 2.43. The summed E-state index contributed by atoms with van der Waals surface area (Å²) in [5, 5.41) is 5.75. The van der Waals surface area contributed by atoms with E-state index in [0.717, 1.165) is 13.0 Å². The molecular formula is C15H21FN2O2. The predicted octanol–water partition coefficient (Wildman–Crippen LogP) is 1.76. The summed E-state index contributed by atoms with van der Waals surface area (Å²) in [4.78, 5) is 23.7. The van der Waals surface area contributed by atoms with Crippen molar-refractivity contribution < 1.29 is 14.0 Å². The van der Waals surface area contributed by atoms with Crippen molar-refractivity contribution in [2.24, 2.45) is 5.92 Å². The number of Topliss-reactive ketones (excluding diaryl/α,β-unsaturated/α-hetero) is 1. The number of ketones is 1. The van der Waals surface area contributed by atoms with E-state index in [-0.39, 0.29) is 18.1 Å². The summed E-state index contributed by atoms with van der Waals surface area (Å²) < 4.78 is 13.1. The van der Waals surface area contributed by atoms with Crippen molar-refractivity contribution in [3.8, 4) is 0 Å². The first kappa shape index (κ1) is 16.3. The lowest BCUT2D eigenvalue weighted by Gasteiger charge is -2.11. The highest BCUT2D eigenvalue weighted by atomic mass is 19.1. The zero-order chi connectivity index (χ0) is 15.0. The maximum atomic E-state index is 13.1. The highest BCUT2D eigenvalue weighted by Crippen LogP contribution is 2.13. The van der Waals surface area contributed by atoms with Crippen LogP contribution in [0.5, 0.6) is 0 Å². The largest absolute Gasteiger partial charge is 0.356 e. The smallest absolute Gasteiger partial charge is 0.220 e. The number of benzene rings is 1. The van der Waals surface area contributed by atoms with Gasteiger partial charge < -0.3 is 10.6 Å². The Morgan fingerprint density at radius 2 is 2.05 bits per heavy atom. The van der Waals surface area contributed by atoms with E-state index in [0.29, 0.717) is 12.1 Å². The van der Waals surface area contributed by atoms with E-state index < -0.39 is 11.7 Å². The van der Waals surface area contributed by atoms with Crippen molar-refractivity contribution >= 4 is 11.7 Å². The molecule has 1 rings (SSSR count). The first-order valence-corrected chi connectivity index (χ1v) is 6.75. The van der Waals surface area contributed by atoms with Crippen LogP contribution in [-0.2, 0) is 4.79 Å². The van der Waals surface area contributed by atoms with Crippen LogP contribution < -0.4 is 10.6 Å². The lowest BCUT2D eigenvalue weighted by Crippen LogP contribution is -2.29. The molecule has 4 nitrogen and oxygen atoms in total. The third-order valence-corrected chi connectivity index (χ3v) is 2.97. The number of rotatable bonds is 8. The zero-order valence-corrected chi connectivity index (χ0v) is 11.9. The molecule has 0 aliphatic rings. The number of amides is 1. The molecule has 0 heterocycles. The van der Waals surface area contributed by atoms with Gasteiger partial charge >= 0.3 is 0 Å². The van der Waals surface area contributed by atoms with Crippen LogP contribution >= 0.6 is 0 Å². The average Bonchev–Trinajstić information content (AvgIpc) is 2.42. The molecule has 0 saturated carbocycles. The summed E-state index contributed by atoms with van der Waals surface area (Å²) in [6, 6.07) is 5.54. The molecule has 1 aromatic rings. The minimum absolute atomic E-state index is 0.120. The van der Waals surface area contributed by atoms with Gasteiger partial charge in [-0.25, -0.2) is 4.39 Å². The fraction of sp³-hybridized carbons (Fsp3) is 0.467. The second-order valence-corrected chi connectivity index (χ2v) is 4.79. The molecule has 0 radical (unpaired) electrons. The van der Waals surface area contributed by atoms with Crippen LogP contribution in [0.25, 0.3) is 0 Å². The molecule has 1 amide bonds. The third-order valence-electron chi connectivity index (χ3n) is 2.97. The van der Waals surface area contributed by atoms with Gasteiger partial charge in [0.2, 0.25) is 5.91 Å². The van der Waals surface area contributed by atoms with Crippen LogP contribution in [0.15, 0.2) is 24.3 Å². The normalized spacial score (nSPS) is 11.9. The molecule has 1 atom stereocenters. The lowest BCUT2D eigenvalue weighted by molar-refractivity contribution is -0.121. The Bertz CT molecular complexity index is 463. The van der Waals surface area contributed by atoms with Crippen LogP contribution in [0.1, 0.15) is 30.1 Å². The Hall–Kier alpha value is -1.75. The lowest BCUT2D eigenvalue weighted by atomic mass is 9.96. The Morgan fingerprint density at radius 3 is 2.70 bits per heavy atom. The highest BCUT2D eigenvalue weighted by Gasteiger charge is 2.18. The van der Waals surface area contributed by atoms with E-state index in [9.17, 15) is 14.0 Å². The Morgan fingerprint density at radius 1 is 1.30 bits per heavy atom. The number of carbonyl (C=O) groups excluding carboxylic acids is 2. The van der Waals surface area contributed by atoms with Crippen molar-refractivity contribution in [3.63, 3.8) is 0 Å². The van der Waals surface area contributed by atoms with Gasteiger partial charge in [0.15, 0.2) is 5.78 Å². The van der Waals surface area contributed by atoms with Crippen molar-refractivity contribution in [2.45, 2.75) is 19.8 Å². The van der Waals surface area contributed by atoms with Gasteiger partial charge in [0.05, 0.1) is 0 Å². The maximum absolute atomic E-state index is 13.1. The van der Waals surface area contributed by atoms with Gasteiger partial charge in [0.25, 0.3) is 0 Å². The molecule has 0 saturated heterocycles. The molecule has 2 N–H and O–H groups in total. The number of nitrogens with one attached hydrogen (secondary N) is 2. The quantitative estimate of drug-likeness (QED) is 0.563. The standard InChI is InChI=1S/C15H21FN2O2/c1-11(9-14(19)18-8-4-7-17-2)15(20)12-5-3-6-13(16)10-12/h3,5-6,10-11,17H,4,7-9H2,1-2H3,(H,18,19). The van der Waals surface area contributed by atoms with E-state index >= 15 is 0 Å². The van der Waals surface area contributed by atoms with Crippen molar-refractivity contribution in [3.05, 3.63) is 35.6 Å². The molecule has 5 heteroatoms. The number of hydrogen-bond acceptors (Lipinski definition) is 3. The molecule has 0 spiro atoms. The molecule has 0 aromatic heterocycles. The van der Waals surface area contributed by atoms with Crippen LogP contribution in [0.4, 0.5) is 4.39 Å². The molecule has 1 unspecified atom stereocenters. The SMILES string of the molecule is CNCCCNC(=O)CC(C)C(=O)c1cccc(F)c1. The molecule has 0 bridgehead atoms. The zero-order valence-electron chi connectivity index (χ0n) is 11.9. The van der Waals surface area contributed by atoms with Crippen LogP contribution in [-0.4, -0.2) is 31.8 Å². The van der Waals surface area contributed by atoms with Gasteiger partial charge in [-0.05, 0) is 32.1 Å². The van der Waals surface area contributed by atoms with Crippen LogP contribution in [0, 0.1) is 11.7 Å². The van der Waals surface area contributed by atoms with E-state index in [1.807, 2.05) is 7.05 Å². The second kappa shape index (κ2) is 8.43. The van der Waals surface area contributed by atoms with Crippen LogP contribution in [0.2, 0.25) is 0 Å². The fourth-order valence-electron chi connectivity index (χ4n) is 1.86. The van der Waals surface area contributed by atoms with Crippen LogP contribution in [0.3, 0.4) is 0 Å². The highest BCUT2D eigenvalue weighted by molar-refractivity contribution is 5.99. The number of hydrogen-bond donors (Lipinski definition) is 2. The molecule has 0 aliphatic carbocycles. The Labute approximate surface area is 118 Å². The summed E-state index contributed by atoms with van der Waals surface area (Å²) >= 11 is 0.